The van der Waals surface area contributed by atoms with E-state index in [2.05, 4.69) is 9.88 Å². The highest BCUT2D eigenvalue weighted by Crippen LogP contribution is 2.22. The van der Waals surface area contributed by atoms with Gasteiger partial charge in [-0.2, -0.15) is 0 Å². The molecule has 2 heterocycles. The number of nitrogens with one attached hydrogen (secondary N) is 1. The summed E-state index contributed by atoms with van der Waals surface area (Å²) >= 11 is 0. The zero-order valence-corrected chi connectivity index (χ0v) is 17.4. The van der Waals surface area contributed by atoms with Gasteiger partial charge in [0.15, 0.2) is 0 Å². The number of hydrogen-bond donors (Lipinski definition) is 2. The highest BCUT2D eigenvalue weighted by atomic mass is 32.2. The summed E-state index contributed by atoms with van der Waals surface area (Å²) in [6, 6.07) is 12.7. The van der Waals surface area contributed by atoms with Crippen LogP contribution in [0.4, 0.5) is 0 Å². The zero-order valence-electron chi connectivity index (χ0n) is 16.6. The van der Waals surface area contributed by atoms with E-state index in [4.69, 9.17) is 5.21 Å². The second kappa shape index (κ2) is 9.04. The molecule has 1 amide bonds. The molecule has 8 nitrogen and oxygen atoms in total. The van der Waals surface area contributed by atoms with Crippen LogP contribution in [0, 0.1) is 0 Å². The molecule has 0 unspecified atom stereocenters. The fraction of sp³-hybridized carbons (Fsp3) is 0.143. The van der Waals surface area contributed by atoms with Gasteiger partial charge in [0.05, 0.1) is 5.69 Å². The standard InChI is InChI=1S/C21H22N4O4S/c1-24(2)14-17-4-3-5-18(12-17)20-8-7-19(13-22-20)30(28,29)25-11-10-16(15-25)6-9-21(26)23-27/h3-13,15,27H,14H2,1-2H3,(H,23,26). The maximum Gasteiger partial charge on any atom is 0.269 e. The molecule has 9 heteroatoms. The minimum atomic E-state index is -3.82. The van der Waals surface area contributed by atoms with Gasteiger partial charge in [-0.05, 0) is 55.6 Å². The molecular formula is C21H22N4O4S. The first-order valence-corrected chi connectivity index (χ1v) is 10.5. The molecule has 0 aliphatic rings. The van der Waals surface area contributed by atoms with Crippen molar-refractivity contribution in [1.82, 2.24) is 19.3 Å². The third-order valence-electron chi connectivity index (χ3n) is 4.26. The van der Waals surface area contributed by atoms with Gasteiger partial charge in [0.1, 0.15) is 4.90 Å². The molecule has 0 aliphatic carbocycles. The van der Waals surface area contributed by atoms with E-state index >= 15 is 0 Å². The summed E-state index contributed by atoms with van der Waals surface area (Å²) in [7, 11) is 0.167. The lowest BCUT2D eigenvalue weighted by molar-refractivity contribution is -0.124. The van der Waals surface area contributed by atoms with E-state index in [0.29, 0.717) is 11.3 Å². The Morgan fingerprint density at radius 2 is 2.03 bits per heavy atom. The summed E-state index contributed by atoms with van der Waals surface area (Å²) in [6.45, 7) is 0.796. The molecule has 30 heavy (non-hydrogen) atoms. The third kappa shape index (κ3) is 5.01. The maximum atomic E-state index is 12.8. The van der Waals surface area contributed by atoms with Gasteiger partial charge in [0.2, 0.25) is 0 Å². The Morgan fingerprint density at radius 1 is 1.23 bits per heavy atom. The Hall–Kier alpha value is -3.27. The number of hydrogen-bond acceptors (Lipinski definition) is 6. The van der Waals surface area contributed by atoms with Gasteiger partial charge in [-0.1, -0.05) is 18.2 Å². The van der Waals surface area contributed by atoms with Gasteiger partial charge >= 0.3 is 0 Å². The molecule has 2 N–H and O–H groups in total. The van der Waals surface area contributed by atoms with E-state index in [1.54, 1.807) is 6.07 Å². The lowest BCUT2D eigenvalue weighted by Crippen LogP contribution is -2.14. The highest BCUT2D eigenvalue weighted by molar-refractivity contribution is 7.90. The van der Waals surface area contributed by atoms with Gasteiger partial charge < -0.3 is 4.90 Å². The van der Waals surface area contributed by atoms with Crippen molar-refractivity contribution >= 4 is 22.0 Å². The van der Waals surface area contributed by atoms with Crippen LogP contribution in [0.1, 0.15) is 11.1 Å². The van der Waals surface area contributed by atoms with Crippen LogP contribution in [0.25, 0.3) is 17.3 Å². The van der Waals surface area contributed by atoms with Gasteiger partial charge in [-0.3, -0.25) is 15.0 Å². The molecule has 0 saturated heterocycles. The molecule has 0 aliphatic heterocycles. The largest absolute Gasteiger partial charge is 0.305 e. The lowest BCUT2D eigenvalue weighted by Gasteiger charge is -2.11. The lowest BCUT2D eigenvalue weighted by atomic mass is 10.1. The first-order valence-electron chi connectivity index (χ1n) is 9.05. The smallest absolute Gasteiger partial charge is 0.269 e. The molecule has 0 spiro atoms. The third-order valence-corrected chi connectivity index (χ3v) is 5.88. The minimum absolute atomic E-state index is 0.0509. The van der Waals surface area contributed by atoms with E-state index in [0.717, 1.165) is 27.7 Å². The van der Waals surface area contributed by atoms with Crippen LogP contribution in [-0.4, -0.2) is 47.5 Å². The first-order chi connectivity index (χ1) is 14.3. The normalized spacial score (nSPS) is 11.9. The van der Waals surface area contributed by atoms with Crippen LogP contribution < -0.4 is 5.48 Å². The predicted octanol–water partition coefficient (Wildman–Crippen LogP) is 2.37. The molecule has 0 saturated carbocycles. The molecule has 0 bridgehead atoms. The molecule has 156 valence electrons. The number of amides is 1. The molecule has 2 aromatic heterocycles. The average Bonchev–Trinajstić information content (AvgIpc) is 3.22. The number of pyridine rings is 1. The average molecular weight is 426 g/mol. The van der Waals surface area contributed by atoms with Crippen molar-refractivity contribution in [2.24, 2.45) is 0 Å². The van der Waals surface area contributed by atoms with Crippen LogP contribution >= 0.6 is 0 Å². The molecule has 0 fully saturated rings. The quantitative estimate of drug-likeness (QED) is 0.341. The minimum Gasteiger partial charge on any atom is -0.305 e. The first kappa shape index (κ1) is 21.4. The number of nitrogens with zero attached hydrogens (tertiary/aromatic N) is 3. The van der Waals surface area contributed by atoms with E-state index in [1.807, 2.05) is 38.4 Å². The monoisotopic (exact) mass is 426 g/mol. The van der Waals surface area contributed by atoms with Gasteiger partial charge in [-0.15, -0.1) is 0 Å². The van der Waals surface area contributed by atoms with Crippen molar-refractivity contribution in [3.05, 3.63) is 78.3 Å². The zero-order chi connectivity index (χ0) is 21.7. The summed E-state index contributed by atoms with van der Waals surface area (Å²) in [4.78, 5) is 17.5. The van der Waals surface area contributed by atoms with Crippen molar-refractivity contribution in [3.63, 3.8) is 0 Å². The van der Waals surface area contributed by atoms with Gasteiger partial charge in [-0.25, -0.2) is 17.9 Å². The molecule has 1 aromatic carbocycles. The van der Waals surface area contributed by atoms with Crippen molar-refractivity contribution in [3.8, 4) is 11.3 Å². The Kier molecular flexibility index (Phi) is 6.46. The predicted molar refractivity (Wildman–Crippen MR) is 113 cm³/mol. The van der Waals surface area contributed by atoms with E-state index in [9.17, 15) is 13.2 Å². The second-order valence-electron chi connectivity index (χ2n) is 6.91. The highest BCUT2D eigenvalue weighted by Gasteiger charge is 2.17. The molecule has 0 radical (unpaired) electrons. The van der Waals surface area contributed by atoms with Crippen molar-refractivity contribution in [1.29, 1.82) is 0 Å². The number of aromatic nitrogens is 2. The Labute approximate surface area is 175 Å². The summed E-state index contributed by atoms with van der Waals surface area (Å²) in [5.74, 6) is -0.708. The van der Waals surface area contributed by atoms with Crippen LogP contribution in [0.15, 0.2) is 72.0 Å². The Morgan fingerprint density at radius 3 is 2.70 bits per heavy atom. The van der Waals surface area contributed by atoms with Crippen LogP contribution in [0.2, 0.25) is 0 Å². The van der Waals surface area contributed by atoms with Crippen molar-refractivity contribution < 1.29 is 18.4 Å². The molecule has 3 aromatic rings. The van der Waals surface area contributed by atoms with Crippen LogP contribution in [-0.2, 0) is 21.4 Å². The van der Waals surface area contributed by atoms with Gasteiger partial charge in [0.25, 0.3) is 15.9 Å². The summed E-state index contributed by atoms with van der Waals surface area (Å²) in [5.41, 5.74) is 4.69. The van der Waals surface area contributed by atoms with Crippen LogP contribution in [0.3, 0.4) is 0 Å². The van der Waals surface area contributed by atoms with Gasteiger partial charge in [0, 0.05) is 36.8 Å². The number of rotatable bonds is 7. The SMILES string of the molecule is CN(C)Cc1cccc(-c2ccc(S(=O)(=O)n3ccc(C=CC(=O)NO)c3)cn2)c1. The molecule has 0 atom stereocenters. The van der Waals surface area contributed by atoms with E-state index < -0.39 is 15.9 Å². The fourth-order valence-electron chi connectivity index (χ4n) is 2.87. The number of carbonyl (C=O) groups excluding carboxylic acids is 1. The maximum absolute atomic E-state index is 12.8. The van der Waals surface area contributed by atoms with Crippen LogP contribution in [0.5, 0.6) is 0 Å². The molecule has 3 rings (SSSR count). The molecular weight excluding hydrogens is 404 g/mol. The summed E-state index contributed by atoms with van der Waals surface area (Å²) in [6.07, 6.45) is 6.56. The Bertz CT molecular complexity index is 1170. The summed E-state index contributed by atoms with van der Waals surface area (Å²) in [5, 5.41) is 8.49. The Balaban J connectivity index is 1.83. The topological polar surface area (TPSA) is 105 Å². The number of hydroxylamine groups is 1. The second-order valence-corrected chi connectivity index (χ2v) is 8.75. The summed E-state index contributed by atoms with van der Waals surface area (Å²) < 4.78 is 26.7. The number of carbonyl (C=O) groups is 1. The van der Waals surface area contributed by atoms with Crippen molar-refractivity contribution in [2.75, 3.05) is 14.1 Å². The number of benzene rings is 1. The van der Waals surface area contributed by atoms with E-state index in [-0.39, 0.29) is 4.90 Å². The fourth-order valence-corrected chi connectivity index (χ4v) is 4.02. The van der Waals surface area contributed by atoms with Crippen molar-refractivity contribution in [2.45, 2.75) is 11.4 Å². The van der Waals surface area contributed by atoms with E-state index in [1.165, 1.54) is 42.3 Å².